The number of hydrogen-bond donors (Lipinski definition) is 3. The molecule has 4 rings (SSSR count). The maximum Gasteiger partial charge on any atom is 0.141 e. The van der Waals surface area contributed by atoms with Crippen LogP contribution in [0.2, 0.25) is 0 Å². The fourth-order valence-electron chi connectivity index (χ4n) is 3.76. The minimum absolute atomic E-state index is 0.733. The third-order valence-corrected chi connectivity index (χ3v) is 5.61. The van der Waals surface area contributed by atoms with Crippen LogP contribution in [-0.2, 0) is 0 Å². The first-order valence-corrected chi connectivity index (χ1v) is 11.3. The number of aryl methyl sites for hydroxylation is 1. The molecule has 2 aromatic heterocycles. The first kappa shape index (κ1) is 23.2. The van der Waals surface area contributed by atoms with Crippen LogP contribution in [0.15, 0.2) is 73.3 Å². The van der Waals surface area contributed by atoms with E-state index in [0.717, 1.165) is 57.9 Å². The average molecular weight is 453 g/mol. The first-order chi connectivity index (χ1) is 16.5. The minimum Gasteiger partial charge on any atom is -0.340 e. The lowest BCUT2D eigenvalue weighted by Crippen LogP contribution is -2.79. The number of nitrogens with one attached hydrogen (secondary N) is 2. The Hall–Kier alpha value is -3.94. The number of anilines is 2. The zero-order valence-corrected chi connectivity index (χ0v) is 19.8. The quantitative estimate of drug-likeness (QED) is 0.265. The van der Waals surface area contributed by atoms with Crippen molar-refractivity contribution in [3.8, 4) is 11.3 Å². The number of rotatable bonds is 9. The summed E-state index contributed by atoms with van der Waals surface area (Å²) in [6.07, 6.45) is 6.76. The van der Waals surface area contributed by atoms with Crippen molar-refractivity contribution < 1.29 is 5.32 Å². The van der Waals surface area contributed by atoms with Gasteiger partial charge in [0, 0.05) is 35.6 Å². The molecule has 172 valence electrons. The van der Waals surface area contributed by atoms with Gasteiger partial charge in [0.15, 0.2) is 0 Å². The van der Waals surface area contributed by atoms with E-state index in [2.05, 4.69) is 63.6 Å². The summed E-state index contributed by atoms with van der Waals surface area (Å²) in [5, 5.41) is 14.3. The highest BCUT2D eigenvalue weighted by molar-refractivity contribution is 6.09. The van der Waals surface area contributed by atoms with Gasteiger partial charge in [-0.2, -0.15) is 0 Å². The van der Waals surface area contributed by atoms with Crippen LogP contribution < -0.4 is 10.6 Å². The molecule has 7 heteroatoms. The molecule has 4 N–H and O–H groups in total. The fourth-order valence-corrected chi connectivity index (χ4v) is 3.76. The average Bonchev–Trinajstić information content (AvgIpc) is 2.84. The zero-order chi connectivity index (χ0) is 23.9. The molecule has 0 bridgehead atoms. The lowest BCUT2D eigenvalue weighted by molar-refractivity contribution is -0.586. The smallest absolute Gasteiger partial charge is 0.141 e. The molecule has 0 aliphatic heterocycles. The van der Waals surface area contributed by atoms with Crippen LogP contribution in [0.25, 0.3) is 27.7 Å². The van der Waals surface area contributed by atoms with Gasteiger partial charge < -0.3 is 20.9 Å². The Bertz CT molecular complexity index is 1330. The molecule has 0 aliphatic rings. The number of quaternary nitrogens is 1. The van der Waals surface area contributed by atoms with Crippen molar-refractivity contribution in [2.45, 2.75) is 6.92 Å². The first-order valence-electron chi connectivity index (χ1n) is 11.3. The number of pyridine rings is 1. The van der Waals surface area contributed by atoms with Gasteiger partial charge in [-0.05, 0) is 56.4 Å². The second-order valence-electron chi connectivity index (χ2n) is 8.42. The summed E-state index contributed by atoms with van der Waals surface area (Å²) >= 11 is 0. The summed E-state index contributed by atoms with van der Waals surface area (Å²) in [6, 6.07) is 18.2. The lowest BCUT2D eigenvalue weighted by atomic mass is 10.0. The SMILES string of the molecule is Cc1ccccc1-c1cc(Nc2ncnc3cc(/C(C=N)=C/[NH2+]CCN(C)C)ccc23)ccn1. The molecule has 34 heavy (non-hydrogen) atoms. The molecule has 0 radical (unpaired) electrons. The molecule has 2 heterocycles. The van der Waals surface area contributed by atoms with Gasteiger partial charge in [0.1, 0.15) is 18.3 Å². The van der Waals surface area contributed by atoms with Gasteiger partial charge in [-0.1, -0.05) is 30.3 Å². The van der Waals surface area contributed by atoms with Crippen LogP contribution in [0, 0.1) is 12.3 Å². The van der Waals surface area contributed by atoms with Gasteiger partial charge in [-0.3, -0.25) is 4.98 Å². The van der Waals surface area contributed by atoms with E-state index in [4.69, 9.17) is 5.41 Å². The highest BCUT2D eigenvalue weighted by Gasteiger charge is 2.09. The number of likely N-dealkylation sites (N-methyl/N-ethyl adjacent to an activating group) is 1. The second-order valence-corrected chi connectivity index (χ2v) is 8.42. The van der Waals surface area contributed by atoms with Crippen LogP contribution >= 0.6 is 0 Å². The number of aromatic nitrogens is 3. The largest absolute Gasteiger partial charge is 0.340 e. The van der Waals surface area contributed by atoms with E-state index < -0.39 is 0 Å². The number of hydrogen-bond acceptors (Lipinski definition) is 6. The van der Waals surface area contributed by atoms with Crippen molar-refractivity contribution in [1.29, 1.82) is 5.41 Å². The molecule has 0 fully saturated rings. The Morgan fingerprint density at radius 2 is 1.91 bits per heavy atom. The van der Waals surface area contributed by atoms with Gasteiger partial charge in [0.2, 0.25) is 0 Å². The van der Waals surface area contributed by atoms with Crippen LogP contribution in [0.5, 0.6) is 0 Å². The van der Waals surface area contributed by atoms with E-state index in [1.807, 2.05) is 48.7 Å². The van der Waals surface area contributed by atoms with Gasteiger partial charge in [0.25, 0.3) is 0 Å². The molecule has 0 atom stereocenters. The topological polar surface area (TPSA) is 94.4 Å². The zero-order valence-electron chi connectivity index (χ0n) is 19.8. The van der Waals surface area contributed by atoms with Crippen molar-refractivity contribution in [3.63, 3.8) is 0 Å². The molecule has 0 saturated carbocycles. The van der Waals surface area contributed by atoms with Crippen LogP contribution in [0.1, 0.15) is 11.1 Å². The normalized spacial score (nSPS) is 11.7. The molecule has 7 nitrogen and oxygen atoms in total. The lowest BCUT2D eigenvalue weighted by Gasteiger charge is -2.11. The summed E-state index contributed by atoms with van der Waals surface area (Å²) in [4.78, 5) is 15.6. The third-order valence-electron chi connectivity index (χ3n) is 5.61. The molecule has 0 unspecified atom stereocenters. The monoisotopic (exact) mass is 452 g/mol. The Labute approximate surface area is 200 Å². The summed E-state index contributed by atoms with van der Waals surface area (Å²) in [7, 11) is 4.11. The molecule has 0 saturated heterocycles. The maximum absolute atomic E-state index is 7.85. The molecular formula is C27H30N7+. The Morgan fingerprint density at radius 1 is 1.06 bits per heavy atom. The van der Waals surface area contributed by atoms with Crippen LogP contribution in [0.4, 0.5) is 11.5 Å². The molecule has 2 aromatic carbocycles. The summed E-state index contributed by atoms with van der Waals surface area (Å²) in [6.45, 7) is 4.00. The molecule has 0 amide bonds. The van der Waals surface area contributed by atoms with Crippen molar-refractivity contribution in [2.24, 2.45) is 0 Å². The third kappa shape index (κ3) is 5.51. The highest BCUT2D eigenvalue weighted by Crippen LogP contribution is 2.28. The van der Waals surface area contributed by atoms with Gasteiger partial charge in [0.05, 0.1) is 23.3 Å². The Balaban J connectivity index is 1.59. The maximum atomic E-state index is 7.85. The number of nitrogens with zero attached hydrogens (tertiary/aromatic N) is 4. The van der Waals surface area contributed by atoms with E-state index in [-0.39, 0.29) is 0 Å². The standard InChI is InChI=1S/C27H29N7/c1-19-6-4-5-7-23(19)26-15-22(10-11-30-26)33-27-24-9-8-20(14-25(24)31-18-32-27)21(16-28)17-29-12-13-34(2)3/h4-11,14-18,28-29H,12-13H2,1-3H3,(H,30,31,32,33)/p+1/b21-17+,28-16?. The van der Waals surface area contributed by atoms with E-state index in [9.17, 15) is 0 Å². The van der Waals surface area contributed by atoms with Crippen molar-refractivity contribution in [3.05, 3.63) is 84.4 Å². The van der Waals surface area contributed by atoms with Crippen molar-refractivity contribution in [1.82, 2.24) is 19.9 Å². The van der Waals surface area contributed by atoms with E-state index in [1.54, 1.807) is 12.5 Å². The van der Waals surface area contributed by atoms with E-state index >= 15 is 0 Å². The number of allylic oxidation sites excluding steroid dienone is 1. The molecule has 4 aromatic rings. The second kappa shape index (κ2) is 10.8. The molecule has 0 spiro atoms. The summed E-state index contributed by atoms with van der Waals surface area (Å²) < 4.78 is 0. The number of fused-ring (bicyclic) bond motifs is 1. The highest BCUT2D eigenvalue weighted by atomic mass is 15.1. The van der Waals surface area contributed by atoms with Gasteiger partial charge >= 0.3 is 0 Å². The number of nitrogens with two attached hydrogens (primary N) is 1. The van der Waals surface area contributed by atoms with E-state index in [0.29, 0.717) is 0 Å². The van der Waals surface area contributed by atoms with E-state index in [1.165, 1.54) is 11.8 Å². The van der Waals surface area contributed by atoms with Crippen molar-refractivity contribution in [2.75, 3.05) is 32.5 Å². The summed E-state index contributed by atoms with van der Waals surface area (Å²) in [5.74, 6) is 0.733. The van der Waals surface area contributed by atoms with Crippen LogP contribution in [-0.4, -0.2) is 53.3 Å². The fraction of sp³-hybridized carbons (Fsp3) is 0.185. The number of benzene rings is 2. The van der Waals surface area contributed by atoms with Crippen LogP contribution in [0.3, 0.4) is 0 Å². The van der Waals surface area contributed by atoms with Gasteiger partial charge in [-0.15, -0.1) is 0 Å². The Morgan fingerprint density at radius 3 is 2.71 bits per heavy atom. The molecule has 0 aliphatic carbocycles. The summed E-state index contributed by atoms with van der Waals surface area (Å²) in [5.41, 5.74) is 6.75. The van der Waals surface area contributed by atoms with Gasteiger partial charge in [-0.25, -0.2) is 9.97 Å². The predicted molar refractivity (Wildman–Crippen MR) is 139 cm³/mol. The minimum atomic E-state index is 0.733. The predicted octanol–water partition coefficient (Wildman–Crippen LogP) is 3.86. The Kier molecular flexibility index (Phi) is 7.37. The van der Waals surface area contributed by atoms with Crippen molar-refractivity contribution >= 4 is 34.2 Å². The molecular weight excluding hydrogens is 422 g/mol.